The van der Waals surface area contributed by atoms with E-state index in [4.69, 9.17) is 0 Å². The van der Waals surface area contributed by atoms with E-state index in [1.54, 1.807) is 4.68 Å². The number of nitrogens with zero attached hydrogens (tertiary/aromatic N) is 4. The first-order valence-electron chi connectivity index (χ1n) is 5.69. The molecule has 5 heteroatoms. The maximum Gasteiger partial charge on any atom is 0.138 e. The summed E-state index contributed by atoms with van der Waals surface area (Å²) in [7, 11) is 0. The molecule has 0 radical (unpaired) electrons. The number of aliphatic hydroxyl groups is 1. The molecule has 0 fully saturated rings. The first kappa shape index (κ1) is 11.7. The highest BCUT2D eigenvalue weighted by Crippen LogP contribution is 2.15. The molecular weight excluding hydrogens is 216 g/mol. The zero-order valence-electron chi connectivity index (χ0n) is 10.0. The number of rotatable bonds is 4. The number of hydrogen-bond donors (Lipinski definition) is 1. The molecule has 0 saturated heterocycles. The second-order valence-corrected chi connectivity index (χ2v) is 3.92. The predicted molar refractivity (Wildman–Crippen MR) is 63.3 cm³/mol. The molecule has 1 atom stereocenters. The van der Waals surface area contributed by atoms with Crippen molar-refractivity contribution in [1.29, 1.82) is 0 Å². The lowest BCUT2D eigenvalue weighted by molar-refractivity contribution is 0.169. The maximum absolute atomic E-state index is 10.1. The van der Waals surface area contributed by atoms with Gasteiger partial charge in [0.05, 0.1) is 5.69 Å². The van der Waals surface area contributed by atoms with Crippen molar-refractivity contribution < 1.29 is 5.11 Å². The summed E-state index contributed by atoms with van der Waals surface area (Å²) < 4.78 is 1.78. The van der Waals surface area contributed by atoms with Crippen molar-refractivity contribution in [3.8, 4) is 0 Å². The molecule has 0 aromatic carbocycles. The monoisotopic (exact) mass is 232 g/mol. The van der Waals surface area contributed by atoms with Gasteiger partial charge in [-0.15, -0.1) is 0 Å². The largest absolute Gasteiger partial charge is 0.386 e. The Labute approximate surface area is 100 Å². The van der Waals surface area contributed by atoms with Crippen LogP contribution in [-0.4, -0.2) is 24.9 Å². The van der Waals surface area contributed by atoms with Gasteiger partial charge >= 0.3 is 0 Å². The van der Waals surface area contributed by atoms with Gasteiger partial charge < -0.3 is 5.11 Å². The number of aromatic nitrogens is 4. The first-order chi connectivity index (χ1) is 8.20. The van der Waals surface area contributed by atoms with Crippen LogP contribution in [0.25, 0.3) is 0 Å². The summed E-state index contributed by atoms with van der Waals surface area (Å²) >= 11 is 0. The summed E-state index contributed by atoms with van der Waals surface area (Å²) in [5, 5.41) is 14.2. The van der Waals surface area contributed by atoms with Gasteiger partial charge in [0.2, 0.25) is 0 Å². The van der Waals surface area contributed by atoms with Gasteiger partial charge in [-0.2, -0.15) is 5.10 Å². The lowest BCUT2D eigenvalue weighted by Gasteiger charge is -2.10. The van der Waals surface area contributed by atoms with E-state index >= 15 is 0 Å². The Morgan fingerprint density at radius 1 is 1.41 bits per heavy atom. The van der Waals surface area contributed by atoms with Gasteiger partial charge in [-0.1, -0.05) is 6.07 Å². The molecule has 0 amide bonds. The minimum Gasteiger partial charge on any atom is -0.386 e. The van der Waals surface area contributed by atoms with E-state index < -0.39 is 6.10 Å². The molecule has 0 aliphatic rings. The molecule has 0 spiro atoms. The second kappa shape index (κ2) is 5.05. The number of aryl methyl sites for hydroxylation is 2. The average molecular weight is 232 g/mol. The highest BCUT2D eigenvalue weighted by atomic mass is 16.3. The third-order valence-corrected chi connectivity index (χ3v) is 2.62. The van der Waals surface area contributed by atoms with Crippen molar-refractivity contribution in [3.05, 3.63) is 41.7 Å². The topological polar surface area (TPSA) is 63.8 Å². The number of hydrogen-bond acceptors (Lipinski definition) is 4. The molecule has 1 N–H and O–H groups in total. The quantitative estimate of drug-likeness (QED) is 0.862. The molecule has 1 unspecified atom stereocenters. The molecule has 0 saturated carbocycles. The van der Waals surface area contributed by atoms with Gasteiger partial charge in [-0.3, -0.25) is 9.67 Å². The van der Waals surface area contributed by atoms with Gasteiger partial charge in [0.25, 0.3) is 0 Å². The van der Waals surface area contributed by atoms with E-state index in [1.165, 1.54) is 6.33 Å². The summed E-state index contributed by atoms with van der Waals surface area (Å²) in [5.74, 6) is 0.781. The number of aliphatic hydroxyl groups excluding tert-OH is 1. The van der Waals surface area contributed by atoms with Gasteiger partial charge in [0.1, 0.15) is 18.3 Å². The summed E-state index contributed by atoms with van der Waals surface area (Å²) in [5.41, 5.74) is 1.58. The fourth-order valence-electron chi connectivity index (χ4n) is 1.74. The summed E-state index contributed by atoms with van der Waals surface area (Å²) in [6, 6.07) is 5.63. The fraction of sp³-hybridized carbons (Fsp3) is 0.417. The molecule has 0 bridgehead atoms. The molecule has 2 aromatic rings. The normalized spacial score (nSPS) is 12.6. The van der Waals surface area contributed by atoms with Crippen molar-refractivity contribution in [3.63, 3.8) is 0 Å². The van der Waals surface area contributed by atoms with Crippen LogP contribution >= 0.6 is 0 Å². The molecular formula is C12H16N4O. The van der Waals surface area contributed by atoms with Crippen LogP contribution in [0.4, 0.5) is 0 Å². The molecule has 0 aliphatic carbocycles. The van der Waals surface area contributed by atoms with Crippen molar-refractivity contribution >= 4 is 0 Å². The molecule has 90 valence electrons. The Bertz CT molecular complexity index is 495. The Morgan fingerprint density at radius 2 is 2.24 bits per heavy atom. The third-order valence-electron chi connectivity index (χ3n) is 2.62. The summed E-state index contributed by atoms with van der Waals surface area (Å²) in [6.07, 6.45) is 1.31. The number of pyridine rings is 1. The highest BCUT2D eigenvalue weighted by molar-refractivity contribution is 5.13. The van der Waals surface area contributed by atoms with E-state index in [-0.39, 0.29) is 0 Å². The van der Waals surface area contributed by atoms with Crippen LogP contribution in [0.1, 0.15) is 30.2 Å². The first-order valence-corrected chi connectivity index (χ1v) is 5.69. The summed E-state index contributed by atoms with van der Waals surface area (Å²) in [4.78, 5) is 8.44. The minimum atomic E-state index is -0.635. The van der Waals surface area contributed by atoms with Crippen molar-refractivity contribution in [2.75, 3.05) is 0 Å². The van der Waals surface area contributed by atoms with Crippen LogP contribution in [0.5, 0.6) is 0 Å². The van der Waals surface area contributed by atoms with E-state index in [1.807, 2.05) is 32.0 Å². The van der Waals surface area contributed by atoms with Crippen LogP contribution in [-0.2, 0) is 13.0 Å². The fourth-order valence-corrected chi connectivity index (χ4v) is 1.74. The molecule has 17 heavy (non-hydrogen) atoms. The Hall–Kier alpha value is -1.75. The zero-order valence-corrected chi connectivity index (χ0v) is 10.0. The van der Waals surface area contributed by atoms with Crippen LogP contribution in [0.3, 0.4) is 0 Å². The average Bonchev–Trinajstić information content (AvgIpc) is 2.76. The molecule has 2 heterocycles. The smallest absolute Gasteiger partial charge is 0.138 e. The minimum absolute atomic E-state index is 0.435. The summed E-state index contributed by atoms with van der Waals surface area (Å²) in [6.45, 7) is 4.66. The predicted octanol–water partition coefficient (Wildman–Crippen LogP) is 1.28. The van der Waals surface area contributed by atoms with E-state index in [9.17, 15) is 5.11 Å². The van der Waals surface area contributed by atoms with E-state index in [2.05, 4.69) is 15.1 Å². The molecule has 0 aliphatic heterocycles. The highest BCUT2D eigenvalue weighted by Gasteiger charge is 2.13. The molecule has 5 nitrogen and oxygen atoms in total. The Morgan fingerprint density at radius 3 is 2.94 bits per heavy atom. The molecule has 2 aromatic heterocycles. The van der Waals surface area contributed by atoms with Crippen molar-refractivity contribution in [2.45, 2.75) is 32.9 Å². The van der Waals surface area contributed by atoms with E-state index in [0.717, 1.165) is 18.1 Å². The van der Waals surface area contributed by atoms with Crippen LogP contribution in [0.2, 0.25) is 0 Å². The lowest BCUT2D eigenvalue weighted by Crippen LogP contribution is -2.10. The lowest BCUT2D eigenvalue weighted by atomic mass is 10.1. The van der Waals surface area contributed by atoms with Crippen LogP contribution in [0, 0.1) is 6.92 Å². The maximum atomic E-state index is 10.1. The standard InChI is InChI=1S/C12H16N4O/c1-3-16-12(13-8-14-16)7-11(17)10-6-4-5-9(2)15-10/h4-6,8,11,17H,3,7H2,1-2H3. The zero-order chi connectivity index (χ0) is 12.3. The third kappa shape index (κ3) is 2.68. The Balaban J connectivity index is 2.14. The van der Waals surface area contributed by atoms with Gasteiger partial charge in [-0.25, -0.2) is 4.98 Å². The van der Waals surface area contributed by atoms with Crippen molar-refractivity contribution in [2.24, 2.45) is 0 Å². The Kier molecular flexibility index (Phi) is 3.49. The van der Waals surface area contributed by atoms with E-state index in [0.29, 0.717) is 12.1 Å². The van der Waals surface area contributed by atoms with Gasteiger partial charge in [-0.05, 0) is 26.0 Å². The van der Waals surface area contributed by atoms with Crippen LogP contribution in [0.15, 0.2) is 24.5 Å². The SMILES string of the molecule is CCn1ncnc1CC(O)c1cccc(C)n1. The van der Waals surface area contributed by atoms with Gasteiger partial charge in [0.15, 0.2) is 0 Å². The van der Waals surface area contributed by atoms with Gasteiger partial charge in [0, 0.05) is 18.7 Å². The molecule has 2 rings (SSSR count). The van der Waals surface area contributed by atoms with Crippen molar-refractivity contribution in [1.82, 2.24) is 19.7 Å². The van der Waals surface area contributed by atoms with Crippen LogP contribution < -0.4 is 0 Å². The second-order valence-electron chi connectivity index (χ2n) is 3.92.